The van der Waals surface area contributed by atoms with E-state index in [9.17, 15) is 0 Å². The molecule has 0 aromatic heterocycles. The van der Waals surface area contributed by atoms with E-state index in [1.165, 1.54) is 0 Å². The van der Waals surface area contributed by atoms with Crippen LogP contribution in [0.3, 0.4) is 0 Å². The van der Waals surface area contributed by atoms with Crippen molar-refractivity contribution in [1.29, 1.82) is 0 Å². The molecule has 0 saturated carbocycles. The van der Waals surface area contributed by atoms with Crippen molar-refractivity contribution >= 4 is 64.3 Å². The number of aliphatic hydroxyl groups is 2. The Morgan fingerprint density at radius 3 is 1.12 bits per heavy atom. The molecule has 16 heavy (non-hydrogen) atoms. The molecule has 0 amide bonds. The molecule has 0 aromatic carbocycles. The molecule has 0 rings (SSSR count). The second-order valence-electron chi connectivity index (χ2n) is 1.46. The number of nitrogens with two attached hydrogens (primary N) is 2. The predicted molar refractivity (Wildman–Crippen MR) is 79.5 cm³/mol. The van der Waals surface area contributed by atoms with Gasteiger partial charge in [0, 0.05) is 13.2 Å². The van der Waals surface area contributed by atoms with Crippen LogP contribution in [0.5, 0.6) is 0 Å². The fourth-order valence-electron chi connectivity index (χ4n) is 0.204. The van der Waals surface area contributed by atoms with Crippen LogP contribution in [0.4, 0.5) is 0 Å². The van der Waals surface area contributed by atoms with E-state index in [0.717, 1.165) is 13.2 Å². The quantitative estimate of drug-likeness (QED) is 0.442. The molecule has 0 unspecified atom stereocenters. The molecule has 0 aliphatic rings. The summed E-state index contributed by atoms with van der Waals surface area (Å²) in [6.45, 7) is 9.67. The van der Waals surface area contributed by atoms with Gasteiger partial charge in [-0.1, -0.05) is 13.8 Å². The van der Waals surface area contributed by atoms with Crippen LogP contribution in [0.25, 0.3) is 0 Å². The van der Waals surface area contributed by atoms with Gasteiger partial charge < -0.3 is 26.4 Å². The first kappa shape index (κ1) is 29.9. The van der Waals surface area contributed by atoms with Crippen molar-refractivity contribution in [3.8, 4) is 0 Å². The number of hydrogen-bond acceptors (Lipinski definition) is 3. The average molecular weight is 282 g/mol. The van der Waals surface area contributed by atoms with E-state index in [4.69, 9.17) is 14.9 Å². The van der Waals surface area contributed by atoms with Crippen molar-refractivity contribution < 1.29 is 14.9 Å². The first-order valence-electron chi connectivity index (χ1n) is 4.42. The molecule has 0 radical (unpaired) electrons. The molecule has 96 valence electrons. The van der Waals surface area contributed by atoms with Crippen molar-refractivity contribution in [3.63, 3.8) is 0 Å². The number of aliphatic hydroxyl groups excluding tert-OH is 2. The molecule has 5 nitrogen and oxygen atoms in total. The minimum absolute atomic E-state index is 0. The third kappa shape index (κ3) is 466. The molecular formula is C8H23N2NaO3S2. The molecule has 8 heteroatoms. The summed E-state index contributed by atoms with van der Waals surface area (Å²) in [6.07, 6.45) is 0. The molecule has 0 spiro atoms. The van der Waals surface area contributed by atoms with Crippen LogP contribution in [0, 0.1) is 0 Å². The molecular weight excluding hydrogens is 259 g/mol. The maximum atomic E-state index is 7.56. The monoisotopic (exact) mass is 282 g/mol. The van der Waals surface area contributed by atoms with Crippen LogP contribution < -0.4 is 11.5 Å². The van der Waals surface area contributed by atoms with E-state index in [-0.39, 0.29) is 29.6 Å². The van der Waals surface area contributed by atoms with Gasteiger partial charge in [-0.3, -0.25) is 0 Å². The van der Waals surface area contributed by atoms with Gasteiger partial charge in [0.25, 0.3) is 10.3 Å². The van der Waals surface area contributed by atoms with Crippen LogP contribution in [-0.2, 0) is 4.74 Å². The van der Waals surface area contributed by atoms with Crippen LogP contribution in [0.2, 0.25) is 0 Å². The van der Waals surface area contributed by atoms with Gasteiger partial charge in [0.05, 0.1) is 0 Å². The Morgan fingerprint density at radius 1 is 1.00 bits per heavy atom. The molecule has 0 aliphatic heterocycles. The molecule has 0 fully saturated rings. The molecule has 0 saturated heterocycles. The fourth-order valence-corrected chi connectivity index (χ4v) is 0.204. The first-order valence-corrected chi connectivity index (χ1v) is 5.24. The van der Waals surface area contributed by atoms with E-state index in [1.54, 1.807) is 0 Å². The van der Waals surface area contributed by atoms with Crippen molar-refractivity contribution in [3.05, 3.63) is 0 Å². The van der Waals surface area contributed by atoms with E-state index < -0.39 is 10.3 Å². The summed E-state index contributed by atoms with van der Waals surface area (Å²) >= 11 is 7.74. The van der Waals surface area contributed by atoms with Gasteiger partial charge in [-0.2, -0.15) is 0 Å². The molecule has 0 aliphatic carbocycles. The third-order valence-corrected chi connectivity index (χ3v) is 0.408. The normalized spacial score (nSPS) is 6.00. The van der Waals surface area contributed by atoms with E-state index in [2.05, 4.69) is 35.9 Å². The Hall–Kier alpha value is 0.340. The van der Waals surface area contributed by atoms with Crippen LogP contribution in [0.1, 0.15) is 27.7 Å². The van der Waals surface area contributed by atoms with E-state index in [1.807, 2.05) is 27.7 Å². The Morgan fingerprint density at radius 2 is 1.12 bits per heavy atom. The van der Waals surface area contributed by atoms with Crippen molar-refractivity contribution in [2.45, 2.75) is 27.7 Å². The van der Waals surface area contributed by atoms with Crippen LogP contribution >= 0.6 is 24.4 Å². The summed E-state index contributed by atoms with van der Waals surface area (Å²) in [6, 6.07) is 0. The van der Waals surface area contributed by atoms with Gasteiger partial charge in [-0.05, 0) is 38.3 Å². The molecule has 0 bridgehead atoms. The molecule has 0 heterocycles. The Bertz CT molecular complexity index is 118. The van der Waals surface area contributed by atoms with Gasteiger partial charge in [0.2, 0.25) is 0 Å². The molecule has 6 N–H and O–H groups in total. The number of thiocarbonyl (C=S) groups is 2. The van der Waals surface area contributed by atoms with Crippen molar-refractivity contribution in [1.82, 2.24) is 0 Å². The summed E-state index contributed by atoms with van der Waals surface area (Å²) in [5.41, 5.74) is 8.80. The average Bonchev–Trinajstić information content (AvgIpc) is 2.07. The Kier molecular flexibility index (Phi) is 67.6. The van der Waals surface area contributed by atoms with Gasteiger partial charge in [-0.25, -0.2) is 0 Å². The summed E-state index contributed by atoms with van der Waals surface area (Å²) in [4.78, 5) is 0. The minimum atomic E-state index is -0.500. The second kappa shape index (κ2) is 36.2. The zero-order valence-electron chi connectivity index (χ0n) is 9.69. The van der Waals surface area contributed by atoms with Crippen LogP contribution in [0.15, 0.2) is 0 Å². The van der Waals surface area contributed by atoms with Gasteiger partial charge in [0.15, 0.2) is 0 Å². The maximum absolute atomic E-state index is 7.56. The second-order valence-corrected chi connectivity index (χ2v) is 2.29. The Labute approximate surface area is 131 Å². The Balaban J connectivity index is -0.0000000343. The van der Waals surface area contributed by atoms with E-state index >= 15 is 0 Å². The van der Waals surface area contributed by atoms with Gasteiger partial charge in [0.1, 0.15) is 0 Å². The van der Waals surface area contributed by atoms with Gasteiger partial charge in [-0.15, -0.1) is 0 Å². The van der Waals surface area contributed by atoms with Crippen molar-refractivity contribution in [2.75, 3.05) is 13.2 Å². The summed E-state index contributed by atoms with van der Waals surface area (Å²) < 4.78 is 4.83. The van der Waals surface area contributed by atoms with Crippen LogP contribution in [-0.4, -0.2) is 63.3 Å². The van der Waals surface area contributed by atoms with Gasteiger partial charge >= 0.3 is 29.6 Å². The predicted octanol–water partition coefficient (Wildman–Crippen LogP) is 0.997. The zero-order chi connectivity index (χ0) is 13.3. The first-order chi connectivity index (χ1) is 6.88. The number of ether oxygens (including phenoxy) is 1. The third-order valence-electron chi connectivity index (χ3n) is 0.408. The number of hydrogen-bond donors (Lipinski definition) is 4. The fraction of sp³-hybridized carbons (Fsp3) is 0.750. The van der Waals surface area contributed by atoms with E-state index in [0.29, 0.717) is 0 Å². The standard InChI is InChI=1S/C4H10O.C2H6.2CH3NOS.Na.H/c1-3-5-4-2;1-2;2*2-1(3)4;;/h3-4H2,1-2H3;1-2H3;2*(H3,2,3,4);;. The summed E-state index contributed by atoms with van der Waals surface area (Å²) in [5, 5.41) is 14.1. The molecule has 0 aromatic rings. The topological polar surface area (TPSA) is 102 Å². The number of rotatable bonds is 2. The SMILES string of the molecule is CC.CCOCC.NC(O)=S.NC(O)=S.[NaH]. The zero-order valence-corrected chi connectivity index (χ0v) is 11.3. The van der Waals surface area contributed by atoms with Crippen molar-refractivity contribution in [2.24, 2.45) is 11.5 Å². The molecule has 0 atom stereocenters. The summed E-state index contributed by atoms with van der Waals surface area (Å²) in [7, 11) is 0. The summed E-state index contributed by atoms with van der Waals surface area (Å²) in [5.74, 6) is 0.